The van der Waals surface area contributed by atoms with Crippen molar-refractivity contribution in [3.05, 3.63) is 82.9 Å². The van der Waals surface area contributed by atoms with Crippen LogP contribution in [0.15, 0.2) is 60.9 Å². The van der Waals surface area contributed by atoms with Gasteiger partial charge in [-0.05, 0) is 36.8 Å². The summed E-state index contributed by atoms with van der Waals surface area (Å²) in [5, 5.41) is 15.4. The molecule has 1 saturated heterocycles. The highest BCUT2D eigenvalue weighted by Gasteiger charge is 2.35. The van der Waals surface area contributed by atoms with E-state index in [-0.39, 0.29) is 23.0 Å². The smallest absolute Gasteiger partial charge is 0.320 e. The Balaban J connectivity index is 1.42. The van der Waals surface area contributed by atoms with Gasteiger partial charge in [-0.25, -0.2) is 13.9 Å². The Bertz CT molecular complexity index is 1460. The first kappa shape index (κ1) is 26.9. The van der Waals surface area contributed by atoms with Crippen molar-refractivity contribution in [3.63, 3.8) is 0 Å². The molecule has 0 spiro atoms. The van der Waals surface area contributed by atoms with E-state index >= 15 is 0 Å². The predicted octanol–water partition coefficient (Wildman–Crippen LogP) is 4.61. The Morgan fingerprint density at radius 3 is 2.69 bits per heavy atom. The molecule has 204 valence electrons. The Kier molecular flexibility index (Phi) is 7.97. The molecule has 2 atom stereocenters. The van der Waals surface area contributed by atoms with E-state index in [2.05, 4.69) is 20.6 Å². The summed E-state index contributed by atoms with van der Waals surface area (Å²) >= 11 is 6.10. The van der Waals surface area contributed by atoms with E-state index in [9.17, 15) is 9.18 Å². The van der Waals surface area contributed by atoms with Crippen molar-refractivity contribution in [2.75, 3.05) is 38.7 Å². The summed E-state index contributed by atoms with van der Waals surface area (Å²) < 4.78 is 22.6. The number of rotatable bonds is 8. The number of anilines is 1. The normalized spacial score (nSPS) is 17.5. The number of nitrogens with one attached hydrogen (secondary N) is 2. The van der Waals surface area contributed by atoms with E-state index in [1.54, 1.807) is 34.8 Å². The largest absolute Gasteiger partial charge is 0.383 e. The molecule has 3 heterocycles. The van der Waals surface area contributed by atoms with Crippen LogP contribution in [0.2, 0.25) is 5.02 Å². The van der Waals surface area contributed by atoms with E-state index in [1.165, 1.54) is 6.07 Å². The third kappa shape index (κ3) is 5.83. The van der Waals surface area contributed by atoms with E-state index in [1.807, 2.05) is 50.5 Å². The van der Waals surface area contributed by atoms with Crippen LogP contribution in [0.1, 0.15) is 17.0 Å². The molecule has 1 aliphatic rings. The van der Waals surface area contributed by atoms with Gasteiger partial charge in [0.05, 0.1) is 29.6 Å². The van der Waals surface area contributed by atoms with Gasteiger partial charge in [0, 0.05) is 57.0 Å². The lowest BCUT2D eigenvalue weighted by atomic mass is 9.94. The van der Waals surface area contributed by atoms with Gasteiger partial charge in [-0.1, -0.05) is 35.9 Å². The van der Waals surface area contributed by atoms with Gasteiger partial charge in [0.2, 0.25) is 0 Å². The fourth-order valence-corrected chi connectivity index (χ4v) is 5.23. The zero-order chi connectivity index (χ0) is 27.5. The van der Waals surface area contributed by atoms with Crippen LogP contribution in [-0.4, -0.2) is 69.9 Å². The number of aromatic nitrogens is 4. The zero-order valence-electron chi connectivity index (χ0n) is 22.1. The van der Waals surface area contributed by atoms with Crippen LogP contribution in [0.4, 0.5) is 15.0 Å². The minimum absolute atomic E-state index is 0.0661. The Morgan fingerprint density at radius 1 is 1.21 bits per heavy atom. The van der Waals surface area contributed by atoms with Crippen molar-refractivity contribution in [1.29, 1.82) is 0 Å². The number of aryl methyl sites for hydroxylation is 1. The minimum Gasteiger partial charge on any atom is -0.383 e. The van der Waals surface area contributed by atoms with Gasteiger partial charge in [-0.2, -0.15) is 10.2 Å². The van der Waals surface area contributed by atoms with Crippen LogP contribution >= 0.6 is 11.6 Å². The van der Waals surface area contributed by atoms with Crippen molar-refractivity contribution in [3.8, 4) is 16.9 Å². The number of carbonyl (C=O) groups excluding carboxylic acids is 1. The second kappa shape index (κ2) is 11.6. The number of carbonyl (C=O) groups is 1. The summed E-state index contributed by atoms with van der Waals surface area (Å²) in [7, 11) is 3.51. The standard InChI is InChI=1S/C28H31ClFN7O2/c1-18-26(20-14-31-35(2)15-20)34-37(21-7-5-4-6-8-21)27(18)33-28(38)32-25-17-36(11-12-39-3)16-22(25)19-9-10-24(30)23(29)13-19/h4-10,13-15,22,25H,11-12,16-17H2,1-3H3,(H2,32,33,38). The Labute approximate surface area is 231 Å². The van der Waals surface area contributed by atoms with Crippen LogP contribution in [0, 0.1) is 12.7 Å². The molecule has 39 heavy (non-hydrogen) atoms. The van der Waals surface area contributed by atoms with Gasteiger partial charge < -0.3 is 10.1 Å². The van der Waals surface area contributed by atoms with Gasteiger partial charge in [0.1, 0.15) is 17.3 Å². The molecule has 0 aliphatic carbocycles. The van der Waals surface area contributed by atoms with Gasteiger partial charge >= 0.3 is 6.03 Å². The lowest BCUT2D eigenvalue weighted by molar-refractivity contribution is 0.159. The Morgan fingerprint density at radius 2 is 2.00 bits per heavy atom. The fourth-order valence-electron chi connectivity index (χ4n) is 5.04. The lowest BCUT2D eigenvalue weighted by Crippen LogP contribution is -2.42. The van der Waals surface area contributed by atoms with Gasteiger partial charge in [-0.15, -0.1) is 0 Å². The summed E-state index contributed by atoms with van der Waals surface area (Å²) in [5.74, 6) is 0.0240. The molecule has 2 unspecified atom stereocenters. The third-order valence-corrected chi connectivity index (χ3v) is 7.32. The first-order valence-corrected chi connectivity index (χ1v) is 13.1. The molecule has 2 aromatic heterocycles. The predicted molar refractivity (Wildman–Crippen MR) is 149 cm³/mol. The number of urea groups is 1. The van der Waals surface area contributed by atoms with E-state index in [4.69, 9.17) is 21.4 Å². The molecule has 4 aromatic rings. The number of hydrogen-bond acceptors (Lipinski definition) is 5. The molecule has 5 rings (SSSR count). The average molecular weight is 552 g/mol. The fraction of sp³-hybridized carbons (Fsp3) is 0.321. The first-order valence-electron chi connectivity index (χ1n) is 12.7. The second-order valence-corrected chi connectivity index (χ2v) is 10.1. The van der Waals surface area contributed by atoms with E-state index in [0.717, 1.165) is 34.6 Å². The van der Waals surface area contributed by atoms with Gasteiger partial charge in [0.15, 0.2) is 0 Å². The highest BCUT2D eigenvalue weighted by atomic mass is 35.5. The summed E-state index contributed by atoms with van der Waals surface area (Å²) in [6.45, 7) is 4.52. The summed E-state index contributed by atoms with van der Waals surface area (Å²) in [6, 6.07) is 13.8. The average Bonchev–Trinajstić information content (AvgIpc) is 3.62. The minimum atomic E-state index is -0.467. The quantitative estimate of drug-likeness (QED) is 0.334. The molecule has 0 bridgehead atoms. The van der Waals surface area contributed by atoms with Crippen LogP contribution in [0.3, 0.4) is 0 Å². The first-order chi connectivity index (χ1) is 18.8. The highest BCUT2D eigenvalue weighted by molar-refractivity contribution is 6.30. The van der Waals surface area contributed by atoms with Crippen molar-refractivity contribution in [2.45, 2.75) is 18.9 Å². The maximum absolute atomic E-state index is 13.9. The molecule has 2 N–H and O–H groups in total. The van der Waals surface area contributed by atoms with Crippen LogP contribution in [-0.2, 0) is 11.8 Å². The van der Waals surface area contributed by atoms with Crippen molar-refractivity contribution in [1.82, 2.24) is 29.8 Å². The number of methoxy groups -OCH3 is 1. The van der Waals surface area contributed by atoms with Gasteiger partial charge in [0.25, 0.3) is 0 Å². The number of hydrogen-bond donors (Lipinski definition) is 2. The molecule has 0 radical (unpaired) electrons. The van der Waals surface area contributed by atoms with E-state index in [0.29, 0.717) is 25.5 Å². The maximum atomic E-state index is 13.9. The summed E-state index contributed by atoms with van der Waals surface area (Å²) in [6.07, 6.45) is 3.64. The van der Waals surface area contributed by atoms with Crippen molar-refractivity contribution < 1.29 is 13.9 Å². The van der Waals surface area contributed by atoms with E-state index < -0.39 is 5.82 Å². The number of halogens is 2. The topological polar surface area (TPSA) is 89.2 Å². The molecule has 9 nitrogen and oxygen atoms in total. The lowest BCUT2D eigenvalue weighted by Gasteiger charge is -2.21. The van der Waals surface area contributed by atoms with Crippen molar-refractivity contribution >= 4 is 23.4 Å². The molecule has 0 saturated carbocycles. The SMILES string of the molecule is COCCN1CC(NC(=O)Nc2c(C)c(-c3cnn(C)c3)nn2-c2ccccc2)C(c2ccc(F)c(Cl)c2)C1. The monoisotopic (exact) mass is 551 g/mol. The van der Waals surface area contributed by atoms with Gasteiger partial charge in [-0.3, -0.25) is 14.9 Å². The number of nitrogens with zero attached hydrogens (tertiary/aromatic N) is 5. The van der Waals surface area contributed by atoms with Crippen LogP contribution in [0.25, 0.3) is 16.9 Å². The van der Waals surface area contributed by atoms with Crippen LogP contribution in [0.5, 0.6) is 0 Å². The highest BCUT2D eigenvalue weighted by Crippen LogP contribution is 2.32. The van der Waals surface area contributed by atoms with Crippen molar-refractivity contribution in [2.24, 2.45) is 7.05 Å². The summed E-state index contributed by atoms with van der Waals surface area (Å²) in [5.41, 5.74) is 4.09. The number of ether oxygens (including phenoxy) is 1. The molecule has 2 aromatic carbocycles. The third-order valence-electron chi connectivity index (χ3n) is 7.03. The maximum Gasteiger partial charge on any atom is 0.320 e. The zero-order valence-corrected chi connectivity index (χ0v) is 22.8. The summed E-state index contributed by atoms with van der Waals surface area (Å²) in [4.78, 5) is 15.7. The molecule has 11 heteroatoms. The number of para-hydroxylation sites is 1. The molecular weight excluding hydrogens is 521 g/mol. The molecule has 1 aliphatic heterocycles. The number of benzene rings is 2. The Hall–Kier alpha value is -3.73. The number of likely N-dealkylation sites (tertiary alicyclic amines) is 1. The number of amides is 2. The molecule has 1 fully saturated rings. The second-order valence-electron chi connectivity index (χ2n) is 9.71. The molecule has 2 amide bonds. The van der Waals surface area contributed by atoms with Crippen LogP contribution < -0.4 is 10.6 Å². The molecular formula is C28H31ClFN7O2.